The van der Waals surface area contributed by atoms with Crippen molar-refractivity contribution < 1.29 is 9.84 Å². The summed E-state index contributed by atoms with van der Waals surface area (Å²) in [7, 11) is -1.26. The summed E-state index contributed by atoms with van der Waals surface area (Å²) in [5, 5.41) is 11.5. The Balaban J connectivity index is 2.89. The predicted molar refractivity (Wildman–Crippen MR) is 80.4 cm³/mol. The van der Waals surface area contributed by atoms with Crippen LogP contribution in [-0.4, -0.2) is 24.4 Å². The van der Waals surface area contributed by atoms with Gasteiger partial charge in [-0.1, -0.05) is 37.0 Å². The minimum atomic E-state index is -1.26. The number of ether oxygens (including phenoxy) is 1. The van der Waals surface area contributed by atoms with E-state index in [2.05, 4.69) is 31.8 Å². The van der Waals surface area contributed by atoms with Crippen molar-refractivity contribution in [3.05, 3.63) is 24.3 Å². The van der Waals surface area contributed by atoms with Crippen molar-refractivity contribution in [2.45, 2.75) is 58.5 Å². The fourth-order valence-corrected chi connectivity index (χ4v) is 2.61. The van der Waals surface area contributed by atoms with Crippen LogP contribution in [0.2, 0.25) is 19.6 Å². The highest BCUT2D eigenvalue weighted by Crippen LogP contribution is 2.27. The van der Waals surface area contributed by atoms with Crippen molar-refractivity contribution in [1.29, 1.82) is 0 Å². The topological polar surface area (TPSA) is 29.5 Å². The highest BCUT2D eigenvalue weighted by molar-refractivity contribution is 6.88. The van der Waals surface area contributed by atoms with Crippen LogP contribution in [0.25, 0.3) is 0 Å². The Morgan fingerprint density at radius 3 is 1.72 bits per heavy atom. The Morgan fingerprint density at radius 2 is 1.39 bits per heavy atom. The highest BCUT2D eigenvalue weighted by Gasteiger charge is 2.37. The van der Waals surface area contributed by atoms with Gasteiger partial charge in [0, 0.05) is 0 Å². The van der Waals surface area contributed by atoms with Crippen molar-refractivity contribution in [2.24, 2.45) is 0 Å². The molecule has 1 N–H and O–H groups in total. The summed E-state index contributed by atoms with van der Waals surface area (Å²) in [6.45, 7) is 14.3. The van der Waals surface area contributed by atoms with E-state index in [4.69, 9.17) is 4.74 Å². The molecule has 0 aliphatic rings. The third kappa shape index (κ3) is 3.59. The van der Waals surface area contributed by atoms with Crippen LogP contribution in [-0.2, 0) is 0 Å². The first-order chi connectivity index (χ1) is 7.93. The molecule has 0 atom stereocenters. The average Bonchev–Trinajstić information content (AvgIpc) is 2.14. The third-order valence-electron chi connectivity index (χ3n) is 3.57. The Labute approximate surface area is 112 Å². The van der Waals surface area contributed by atoms with Gasteiger partial charge in [0.1, 0.15) is 11.4 Å². The van der Waals surface area contributed by atoms with Crippen molar-refractivity contribution in [2.75, 3.05) is 0 Å². The molecule has 0 radical (unpaired) electrons. The van der Waals surface area contributed by atoms with Crippen molar-refractivity contribution >= 4 is 13.3 Å². The monoisotopic (exact) mass is 266 g/mol. The molecule has 0 amide bonds. The maximum atomic E-state index is 10.1. The summed E-state index contributed by atoms with van der Waals surface area (Å²) in [5.41, 5.74) is -1.50. The third-order valence-corrected chi connectivity index (χ3v) is 5.63. The molecule has 102 valence electrons. The van der Waals surface area contributed by atoms with Gasteiger partial charge in [-0.05, 0) is 39.8 Å². The van der Waals surface area contributed by atoms with E-state index in [1.54, 1.807) is 13.8 Å². The SMILES string of the molecule is CC(C)(O)C(C)(C)Oc1ccc([Si](C)(C)C)cc1. The van der Waals surface area contributed by atoms with Crippen LogP contribution < -0.4 is 9.92 Å². The van der Waals surface area contributed by atoms with Gasteiger partial charge >= 0.3 is 0 Å². The molecule has 0 bridgehead atoms. The summed E-state index contributed by atoms with van der Waals surface area (Å²) < 4.78 is 5.90. The molecule has 0 heterocycles. The van der Waals surface area contributed by atoms with Gasteiger partial charge in [-0.25, -0.2) is 0 Å². The Morgan fingerprint density at radius 1 is 0.944 bits per heavy atom. The Kier molecular flexibility index (Phi) is 3.99. The summed E-state index contributed by atoms with van der Waals surface area (Å²) in [6, 6.07) is 8.28. The zero-order valence-corrected chi connectivity index (χ0v) is 13.7. The molecule has 1 aromatic carbocycles. The van der Waals surface area contributed by atoms with Gasteiger partial charge in [0.05, 0.1) is 13.7 Å². The molecule has 0 saturated carbocycles. The van der Waals surface area contributed by atoms with Crippen LogP contribution >= 0.6 is 0 Å². The number of hydrogen-bond donors (Lipinski definition) is 1. The van der Waals surface area contributed by atoms with E-state index < -0.39 is 19.3 Å². The van der Waals surface area contributed by atoms with E-state index in [0.29, 0.717) is 0 Å². The standard InChI is InChI=1S/C15H26O2Si/c1-14(2,16)15(3,4)17-12-8-10-13(11-9-12)18(5,6)7/h8-11,16H,1-7H3. The molecular weight excluding hydrogens is 240 g/mol. The molecule has 0 fully saturated rings. The van der Waals surface area contributed by atoms with E-state index in [-0.39, 0.29) is 0 Å². The predicted octanol–water partition coefficient (Wildman–Crippen LogP) is 3.16. The lowest BCUT2D eigenvalue weighted by Gasteiger charge is -2.37. The van der Waals surface area contributed by atoms with E-state index in [1.165, 1.54) is 5.19 Å². The van der Waals surface area contributed by atoms with Gasteiger partial charge in [-0.15, -0.1) is 0 Å². The lowest BCUT2D eigenvalue weighted by molar-refractivity contribution is -0.0906. The first kappa shape index (κ1) is 15.3. The molecule has 18 heavy (non-hydrogen) atoms. The average molecular weight is 266 g/mol. The van der Waals surface area contributed by atoms with Gasteiger partial charge in [0.2, 0.25) is 0 Å². The lowest BCUT2D eigenvalue weighted by atomic mass is 9.89. The van der Waals surface area contributed by atoms with Crippen LogP contribution in [0.15, 0.2) is 24.3 Å². The smallest absolute Gasteiger partial charge is 0.131 e. The number of hydrogen-bond acceptors (Lipinski definition) is 2. The van der Waals surface area contributed by atoms with Gasteiger partial charge < -0.3 is 9.84 Å². The molecule has 0 unspecified atom stereocenters. The first-order valence-electron chi connectivity index (χ1n) is 6.45. The molecule has 1 rings (SSSR count). The van der Waals surface area contributed by atoms with Crippen LogP contribution in [0.1, 0.15) is 27.7 Å². The molecular formula is C15H26O2Si. The van der Waals surface area contributed by atoms with Crippen LogP contribution in [0.3, 0.4) is 0 Å². The van der Waals surface area contributed by atoms with Crippen LogP contribution in [0, 0.1) is 0 Å². The first-order valence-corrected chi connectivity index (χ1v) is 9.95. The molecule has 0 spiro atoms. The van der Waals surface area contributed by atoms with E-state index in [1.807, 2.05) is 26.0 Å². The molecule has 0 saturated heterocycles. The molecule has 2 nitrogen and oxygen atoms in total. The summed E-state index contributed by atoms with van der Waals surface area (Å²) in [6.07, 6.45) is 0. The maximum Gasteiger partial charge on any atom is 0.131 e. The Bertz CT molecular complexity index is 394. The van der Waals surface area contributed by atoms with E-state index in [0.717, 1.165) is 5.75 Å². The minimum Gasteiger partial charge on any atom is -0.485 e. The van der Waals surface area contributed by atoms with Crippen LogP contribution in [0.4, 0.5) is 0 Å². The zero-order valence-electron chi connectivity index (χ0n) is 12.7. The summed E-state index contributed by atoms with van der Waals surface area (Å²) >= 11 is 0. The number of benzene rings is 1. The fraction of sp³-hybridized carbons (Fsp3) is 0.600. The highest BCUT2D eigenvalue weighted by atomic mass is 28.3. The largest absolute Gasteiger partial charge is 0.485 e. The molecule has 3 heteroatoms. The summed E-state index contributed by atoms with van der Waals surface area (Å²) in [5.74, 6) is 0.809. The summed E-state index contributed by atoms with van der Waals surface area (Å²) in [4.78, 5) is 0. The molecule has 0 aromatic heterocycles. The Hall–Kier alpha value is -0.803. The lowest BCUT2D eigenvalue weighted by Crippen LogP contribution is -2.49. The normalized spacial score (nSPS) is 13.6. The van der Waals surface area contributed by atoms with Gasteiger partial charge in [-0.2, -0.15) is 0 Å². The maximum absolute atomic E-state index is 10.1. The second kappa shape index (κ2) is 4.70. The zero-order chi connectivity index (χ0) is 14.2. The van der Waals surface area contributed by atoms with Crippen LogP contribution in [0.5, 0.6) is 5.75 Å². The van der Waals surface area contributed by atoms with Crippen molar-refractivity contribution in [1.82, 2.24) is 0 Å². The molecule has 1 aromatic rings. The van der Waals surface area contributed by atoms with Gasteiger partial charge in [0.15, 0.2) is 0 Å². The van der Waals surface area contributed by atoms with E-state index >= 15 is 0 Å². The minimum absolute atomic E-state index is 0.617. The van der Waals surface area contributed by atoms with E-state index in [9.17, 15) is 5.11 Å². The second-order valence-electron chi connectivity index (χ2n) is 6.95. The number of rotatable bonds is 4. The van der Waals surface area contributed by atoms with Gasteiger partial charge in [-0.3, -0.25) is 0 Å². The quantitative estimate of drug-likeness (QED) is 0.848. The molecule has 0 aliphatic carbocycles. The number of aliphatic hydroxyl groups is 1. The van der Waals surface area contributed by atoms with Crippen molar-refractivity contribution in [3.8, 4) is 5.75 Å². The fourth-order valence-electron chi connectivity index (χ4n) is 1.44. The van der Waals surface area contributed by atoms with Crippen molar-refractivity contribution in [3.63, 3.8) is 0 Å². The van der Waals surface area contributed by atoms with Gasteiger partial charge in [0.25, 0.3) is 0 Å². The second-order valence-corrected chi connectivity index (χ2v) is 12.0. The molecule has 0 aliphatic heterocycles.